The van der Waals surface area contributed by atoms with Gasteiger partial charge in [-0.25, -0.2) is 9.97 Å². The highest BCUT2D eigenvalue weighted by molar-refractivity contribution is 5.94. The predicted molar refractivity (Wildman–Crippen MR) is 109 cm³/mol. The number of hydrogen-bond acceptors (Lipinski definition) is 7. The quantitative estimate of drug-likeness (QED) is 0.502. The molecule has 1 unspecified atom stereocenters. The monoisotopic (exact) mass is 375 g/mol. The molecular weight excluding hydrogens is 354 g/mol. The van der Waals surface area contributed by atoms with Crippen LogP contribution in [0.2, 0.25) is 0 Å². The number of aliphatic hydroxyl groups is 1. The van der Waals surface area contributed by atoms with Gasteiger partial charge in [0.25, 0.3) is 0 Å². The number of pyridine rings is 3. The Balaban J connectivity index is 1.74. The second kappa shape index (κ2) is 6.90. The van der Waals surface area contributed by atoms with E-state index in [-0.39, 0.29) is 0 Å². The van der Waals surface area contributed by atoms with Crippen LogP contribution in [0.5, 0.6) is 0 Å². The molecule has 142 valence electrons. The van der Waals surface area contributed by atoms with E-state index in [2.05, 4.69) is 25.4 Å². The highest BCUT2D eigenvalue weighted by Gasteiger charge is 2.12. The first-order valence-electron chi connectivity index (χ1n) is 8.88. The standard InChI is InChI=1S/C20H21N7O/c1-11-4-5-22-9-14(11)16-6-13-7-18(23-10-15(13)20(21)24-16)25-19-8-17(12(2)28)27(3)26-19/h4-10,12,28H,1-3H3,(H2,21,24)(H,23,25,26). The van der Waals surface area contributed by atoms with Crippen molar-refractivity contribution in [1.29, 1.82) is 0 Å². The van der Waals surface area contributed by atoms with Gasteiger partial charge in [0.1, 0.15) is 11.6 Å². The number of rotatable bonds is 4. The van der Waals surface area contributed by atoms with Crippen molar-refractivity contribution in [2.45, 2.75) is 20.0 Å². The molecule has 0 saturated carbocycles. The summed E-state index contributed by atoms with van der Waals surface area (Å²) in [5.74, 6) is 1.65. The van der Waals surface area contributed by atoms with E-state index in [4.69, 9.17) is 5.73 Å². The van der Waals surface area contributed by atoms with E-state index in [0.29, 0.717) is 23.1 Å². The molecule has 4 heterocycles. The maximum atomic E-state index is 9.79. The maximum Gasteiger partial charge on any atom is 0.153 e. The summed E-state index contributed by atoms with van der Waals surface area (Å²) >= 11 is 0. The molecule has 4 N–H and O–H groups in total. The first-order valence-corrected chi connectivity index (χ1v) is 8.88. The number of aryl methyl sites for hydroxylation is 2. The first-order chi connectivity index (χ1) is 13.4. The molecule has 0 bridgehead atoms. The zero-order valence-electron chi connectivity index (χ0n) is 15.9. The van der Waals surface area contributed by atoms with Crippen LogP contribution in [0.3, 0.4) is 0 Å². The van der Waals surface area contributed by atoms with E-state index in [1.807, 2.05) is 25.1 Å². The molecule has 0 spiro atoms. The average Bonchev–Trinajstić information content (AvgIpc) is 3.02. The molecule has 0 aliphatic heterocycles. The molecular formula is C20H21N7O. The number of nitrogens with two attached hydrogens (primary N) is 1. The number of fused-ring (bicyclic) bond motifs is 1. The molecule has 28 heavy (non-hydrogen) atoms. The fourth-order valence-electron chi connectivity index (χ4n) is 3.18. The molecule has 4 aromatic heterocycles. The summed E-state index contributed by atoms with van der Waals surface area (Å²) in [5.41, 5.74) is 9.66. The molecule has 0 radical (unpaired) electrons. The maximum absolute atomic E-state index is 9.79. The van der Waals surface area contributed by atoms with Gasteiger partial charge in [0.05, 0.1) is 17.5 Å². The molecule has 0 aromatic carbocycles. The van der Waals surface area contributed by atoms with E-state index >= 15 is 0 Å². The van der Waals surface area contributed by atoms with E-state index in [1.54, 1.807) is 43.3 Å². The minimum Gasteiger partial charge on any atom is -0.387 e. The van der Waals surface area contributed by atoms with Crippen LogP contribution in [0, 0.1) is 6.92 Å². The Morgan fingerprint density at radius 3 is 2.71 bits per heavy atom. The minimum absolute atomic E-state index is 0.420. The summed E-state index contributed by atoms with van der Waals surface area (Å²) in [7, 11) is 1.79. The number of anilines is 3. The van der Waals surface area contributed by atoms with E-state index in [1.165, 1.54) is 0 Å². The van der Waals surface area contributed by atoms with Crippen LogP contribution in [-0.4, -0.2) is 29.8 Å². The third-order valence-electron chi connectivity index (χ3n) is 4.66. The molecule has 0 aliphatic rings. The number of nitrogen functional groups attached to an aromatic ring is 1. The van der Waals surface area contributed by atoms with Crippen molar-refractivity contribution in [2.75, 3.05) is 11.1 Å². The Bertz CT molecular complexity index is 1170. The van der Waals surface area contributed by atoms with Gasteiger partial charge >= 0.3 is 0 Å². The van der Waals surface area contributed by atoms with Gasteiger partial charge in [-0.1, -0.05) is 0 Å². The van der Waals surface area contributed by atoms with Gasteiger partial charge in [0, 0.05) is 42.7 Å². The topological polar surface area (TPSA) is 115 Å². The largest absolute Gasteiger partial charge is 0.387 e. The van der Waals surface area contributed by atoms with Gasteiger partial charge in [-0.2, -0.15) is 5.10 Å². The number of aromatic nitrogens is 5. The third kappa shape index (κ3) is 3.25. The molecule has 1 atom stereocenters. The second-order valence-corrected chi connectivity index (χ2v) is 6.75. The number of hydrogen-bond donors (Lipinski definition) is 3. The lowest BCUT2D eigenvalue weighted by molar-refractivity contribution is 0.189. The van der Waals surface area contributed by atoms with Crippen molar-refractivity contribution >= 4 is 28.2 Å². The van der Waals surface area contributed by atoms with Crippen molar-refractivity contribution in [1.82, 2.24) is 24.7 Å². The summed E-state index contributed by atoms with van der Waals surface area (Å²) in [4.78, 5) is 13.1. The molecule has 0 saturated heterocycles. The van der Waals surface area contributed by atoms with E-state index < -0.39 is 6.10 Å². The Morgan fingerprint density at radius 2 is 2.00 bits per heavy atom. The van der Waals surface area contributed by atoms with E-state index in [0.717, 1.165) is 27.6 Å². The summed E-state index contributed by atoms with van der Waals surface area (Å²) < 4.78 is 1.64. The third-order valence-corrected chi connectivity index (χ3v) is 4.66. The Hall–Kier alpha value is -3.52. The molecule has 0 aliphatic carbocycles. The Kier molecular flexibility index (Phi) is 4.40. The van der Waals surface area contributed by atoms with Gasteiger partial charge in [0.15, 0.2) is 5.82 Å². The van der Waals surface area contributed by atoms with Gasteiger partial charge in [-0.3, -0.25) is 9.67 Å². The zero-order chi connectivity index (χ0) is 19.8. The van der Waals surface area contributed by atoms with Crippen LogP contribution < -0.4 is 11.1 Å². The van der Waals surface area contributed by atoms with Crippen molar-refractivity contribution in [3.05, 3.63) is 54.1 Å². The number of aliphatic hydroxyl groups excluding tert-OH is 1. The average molecular weight is 375 g/mol. The normalized spacial score (nSPS) is 12.3. The van der Waals surface area contributed by atoms with Crippen LogP contribution in [0.25, 0.3) is 22.0 Å². The predicted octanol–water partition coefficient (Wildman–Crippen LogP) is 3.11. The number of nitrogens with one attached hydrogen (secondary N) is 1. The van der Waals surface area contributed by atoms with Crippen LogP contribution >= 0.6 is 0 Å². The molecule has 4 rings (SSSR count). The molecule has 8 nitrogen and oxygen atoms in total. The van der Waals surface area contributed by atoms with Gasteiger partial charge in [-0.15, -0.1) is 0 Å². The number of nitrogens with zero attached hydrogens (tertiary/aromatic N) is 5. The summed E-state index contributed by atoms with van der Waals surface area (Å²) in [6.07, 6.45) is 4.63. The molecule has 0 fully saturated rings. The summed E-state index contributed by atoms with van der Waals surface area (Å²) in [6.45, 7) is 3.71. The Labute approximate surface area is 162 Å². The van der Waals surface area contributed by atoms with Crippen LogP contribution in [-0.2, 0) is 7.05 Å². The lowest BCUT2D eigenvalue weighted by Crippen LogP contribution is -2.01. The lowest BCUT2D eigenvalue weighted by Gasteiger charge is -2.09. The van der Waals surface area contributed by atoms with Crippen LogP contribution in [0.4, 0.5) is 17.5 Å². The fourth-order valence-corrected chi connectivity index (χ4v) is 3.18. The van der Waals surface area contributed by atoms with E-state index in [9.17, 15) is 5.11 Å². The van der Waals surface area contributed by atoms with Crippen molar-refractivity contribution in [3.8, 4) is 11.3 Å². The van der Waals surface area contributed by atoms with Gasteiger partial charge in [-0.05, 0) is 43.0 Å². The fraction of sp³-hybridized carbons (Fsp3) is 0.200. The molecule has 0 amide bonds. The molecule has 4 aromatic rings. The first kappa shape index (κ1) is 17.9. The highest BCUT2D eigenvalue weighted by atomic mass is 16.3. The summed E-state index contributed by atoms with van der Waals surface area (Å²) in [6, 6.07) is 7.61. The molecule has 8 heteroatoms. The smallest absolute Gasteiger partial charge is 0.153 e. The van der Waals surface area contributed by atoms with Gasteiger partial charge in [0.2, 0.25) is 0 Å². The Morgan fingerprint density at radius 1 is 1.18 bits per heavy atom. The van der Waals surface area contributed by atoms with Crippen molar-refractivity contribution in [3.63, 3.8) is 0 Å². The SMILES string of the molecule is Cc1ccncc1-c1cc2cc(Nc3cc(C(C)O)n(C)n3)ncc2c(N)n1. The minimum atomic E-state index is -0.603. The summed E-state index contributed by atoms with van der Waals surface area (Å²) in [5, 5.41) is 19.0. The zero-order valence-corrected chi connectivity index (χ0v) is 15.9. The second-order valence-electron chi connectivity index (χ2n) is 6.75. The van der Waals surface area contributed by atoms with Crippen molar-refractivity contribution < 1.29 is 5.11 Å². The van der Waals surface area contributed by atoms with Crippen molar-refractivity contribution in [2.24, 2.45) is 7.05 Å². The van der Waals surface area contributed by atoms with Crippen LogP contribution in [0.1, 0.15) is 24.3 Å². The highest BCUT2D eigenvalue weighted by Crippen LogP contribution is 2.29. The van der Waals surface area contributed by atoms with Crippen LogP contribution in [0.15, 0.2) is 42.9 Å². The van der Waals surface area contributed by atoms with Gasteiger partial charge < -0.3 is 16.2 Å². The lowest BCUT2D eigenvalue weighted by atomic mass is 10.1.